The van der Waals surface area contributed by atoms with Crippen LogP contribution < -0.4 is 20.1 Å². The molecule has 3 rings (SSSR count). The lowest BCUT2D eigenvalue weighted by molar-refractivity contribution is -0.122. The summed E-state index contributed by atoms with van der Waals surface area (Å²) in [5, 5.41) is 5.60. The standard InChI is InChI=1S/C22H26N2O4/c1-3-4-5-6-13-27-18-10-7-16(8-11-18)22(26)23-17-9-12-20-19(14-17)24-21(25)15(2)28-20/h7-12,14-15H,3-6,13H2,1-2H3,(H,23,26)(H,24,25)/t15-/m0/s1. The van der Waals surface area contributed by atoms with Gasteiger partial charge in [-0.3, -0.25) is 9.59 Å². The molecule has 0 aromatic heterocycles. The Bertz CT molecular complexity index is 833. The maximum absolute atomic E-state index is 12.5. The van der Waals surface area contributed by atoms with Gasteiger partial charge < -0.3 is 20.1 Å². The smallest absolute Gasteiger partial charge is 0.265 e. The second kappa shape index (κ2) is 9.26. The van der Waals surface area contributed by atoms with Crippen molar-refractivity contribution in [2.24, 2.45) is 0 Å². The third-order valence-corrected chi connectivity index (χ3v) is 4.55. The molecule has 0 saturated carbocycles. The molecular weight excluding hydrogens is 356 g/mol. The van der Waals surface area contributed by atoms with Gasteiger partial charge in [0.05, 0.1) is 12.3 Å². The Morgan fingerprint density at radius 2 is 1.93 bits per heavy atom. The van der Waals surface area contributed by atoms with Crippen LogP contribution in [0.5, 0.6) is 11.5 Å². The van der Waals surface area contributed by atoms with Crippen LogP contribution in [0.25, 0.3) is 0 Å². The van der Waals surface area contributed by atoms with Gasteiger partial charge in [0, 0.05) is 11.3 Å². The molecule has 1 heterocycles. The van der Waals surface area contributed by atoms with Crippen LogP contribution in [-0.2, 0) is 4.79 Å². The molecule has 28 heavy (non-hydrogen) atoms. The molecule has 2 aromatic rings. The molecule has 148 valence electrons. The summed E-state index contributed by atoms with van der Waals surface area (Å²) in [5.41, 5.74) is 1.66. The normalized spacial score (nSPS) is 15.2. The number of amides is 2. The van der Waals surface area contributed by atoms with Crippen LogP contribution in [0.4, 0.5) is 11.4 Å². The van der Waals surface area contributed by atoms with Crippen molar-refractivity contribution in [3.63, 3.8) is 0 Å². The number of benzene rings is 2. The van der Waals surface area contributed by atoms with E-state index in [2.05, 4.69) is 17.6 Å². The molecule has 2 N–H and O–H groups in total. The molecule has 1 atom stereocenters. The van der Waals surface area contributed by atoms with E-state index in [1.165, 1.54) is 19.3 Å². The highest BCUT2D eigenvalue weighted by Crippen LogP contribution is 2.32. The molecule has 6 heteroatoms. The maximum Gasteiger partial charge on any atom is 0.265 e. The topological polar surface area (TPSA) is 76.7 Å². The fourth-order valence-corrected chi connectivity index (χ4v) is 2.91. The third kappa shape index (κ3) is 5.03. The Labute approximate surface area is 165 Å². The Hall–Kier alpha value is -3.02. The van der Waals surface area contributed by atoms with Gasteiger partial charge in [-0.25, -0.2) is 0 Å². The lowest BCUT2D eigenvalue weighted by atomic mass is 10.1. The summed E-state index contributed by atoms with van der Waals surface area (Å²) in [7, 11) is 0. The second-order valence-corrected chi connectivity index (χ2v) is 6.85. The SMILES string of the molecule is CCCCCCOc1ccc(C(=O)Nc2ccc3c(c2)NC(=O)[C@H](C)O3)cc1. The minimum Gasteiger partial charge on any atom is -0.494 e. The molecule has 0 radical (unpaired) electrons. The number of carbonyl (C=O) groups is 2. The number of nitrogens with one attached hydrogen (secondary N) is 2. The number of carbonyl (C=O) groups excluding carboxylic acids is 2. The van der Waals surface area contributed by atoms with E-state index in [4.69, 9.17) is 9.47 Å². The van der Waals surface area contributed by atoms with Crippen LogP contribution in [0, 0.1) is 0 Å². The molecule has 1 aliphatic rings. The van der Waals surface area contributed by atoms with Gasteiger partial charge in [-0.15, -0.1) is 0 Å². The summed E-state index contributed by atoms with van der Waals surface area (Å²) in [4.78, 5) is 24.2. The molecule has 0 bridgehead atoms. The highest BCUT2D eigenvalue weighted by atomic mass is 16.5. The van der Waals surface area contributed by atoms with Crippen molar-refractivity contribution in [2.75, 3.05) is 17.2 Å². The first-order chi connectivity index (χ1) is 13.6. The van der Waals surface area contributed by atoms with E-state index in [0.29, 0.717) is 29.3 Å². The Kier molecular flexibility index (Phi) is 6.53. The van der Waals surface area contributed by atoms with Gasteiger partial charge in [0.25, 0.3) is 11.8 Å². The second-order valence-electron chi connectivity index (χ2n) is 6.85. The van der Waals surface area contributed by atoms with Crippen LogP contribution in [0.15, 0.2) is 42.5 Å². The molecule has 0 unspecified atom stereocenters. The van der Waals surface area contributed by atoms with Crippen molar-refractivity contribution >= 4 is 23.2 Å². The first kappa shape index (κ1) is 19.7. The van der Waals surface area contributed by atoms with Crippen molar-refractivity contribution in [1.29, 1.82) is 0 Å². The van der Waals surface area contributed by atoms with Gasteiger partial charge >= 0.3 is 0 Å². The van der Waals surface area contributed by atoms with Crippen LogP contribution in [0.2, 0.25) is 0 Å². The fourth-order valence-electron chi connectivity index (χ4n) is 2.91. The summed E-state index contributed by atoms with van der Waals surface area (Å²) in [5.74, 6) is 0.911. The summed E-state index contributed by atoms with van der Waals surface area (Å²) >= 11 is 0. The lowest BCUT2D eigenvalue weighted by Crippen LogP contribution is -2.34. The quantitative estimate of drug-likeness (QED) is 0.653. The molecule has 1 aliphatic heterocycles. The number of fused-ring (bicyclic) bond motifs is 1. The number of rotatable bonds is 8. The average Bonchev–Trinajstić information content (AvgIpc) is 2.69. The number of hydrogen-bond acceptors (Lipinski definition) is 4. The maximum atomic E-state index is 12.5. The summed E-state index contributed by atoms with van der Waals surface area (Å²) in [6.45, 7) is 4.55. The number of unbranched alkanes of at least 4 members (excludes halogenated alkanes) is 3. The molecule has 0 fully saturated rings. The van der Waals surface area contributed by atoms with Crippen molar-refractivity contribution in [3.8, 4) is 11.5 Å². The number of ether oxygens (including phenoxy) is 2. The van der Waals surface area contributed by atoms with Gasteiger partial charge in [0.2, 0.25) is 0 Å². The van der Waals surface area contributed by atoms with E-state index in [0.717, 1.165) is 12.2 Å². The van der Waals surface area contributed by atoms with E-state index >= 15 is 0 Å². The van der Waals surface area contributed by atoms with Crippen LogP contribution in [0.3, 0.4) is 0 Å². The zero-order valence-corrected chi connectivity index (χ0v) is 16.3. The third-order valence-electron chi connectivity index (χ3n) is 4.55. The van der Waals surface area contributed by atoms with Crippen molar-refractivity contribution in [3.05, 3.63) is 48.0 Å². The molecule has 0 saturated heterocycles. The van der Waals surface area contributed by atoms with Crippen LogP contribution >= 0.6 is 0 Å². The van der Waals surface area contributed by atoms with Gasteiger partial charge in [-0.1, -0.05) is 26.2 Å². The first-order valence-corrected chi connectivity index (χ1v) is 9.72. The minimum absolute atomic E-state index is 0.207. The van der Waals surface area contributed by atoms with Gasteiger partial charge in [-0.05, 0) is 55.8 Å². The van der Waals surface area contributed by atoms with E-state index in [-0.39, 0.29) is 11.8 Å². The molecule has 2 amide bonds. The Morgan fingerprint density at radius 3 is 2.68 bits per heavy atom. The highest BCUT2D eigenvalue weighted by Gasteiger charge is 2.23. The summed E-state index contributed by atoms with van der Waals surface area (Å²) in [6.07, 6.45) is 4.10. The largest absolute Gasteiger partial charge is 0.494 e. The molecule has 0 aliphatic carbocycles. The minimum atomic E-state index is -0.527. The van der Waals surface area contributed by atoms with Crippen molar-refractivity contribution in [1.82, 2.24) is 0 Å². The number of anilines is 2. The van der Waals surface area contributed by atoms with E-state index in [1.807, 2.05) is 0 Å². The van der Waals surface area contributed by atoms with Crippen LogP contribution in [-0.4, -0.2) is 24.5 Å². The van der Waals surface area contributed by atoms with Crippen molar-refractivity contribution in [2.45, 2.75) is 45.6 Å². The summed E-state index contributed by atoms with van der Waals surface area (Å²) < 4.78 is 11.2. The summed E-state index contributed by atoms with van der Waals surface area (Å²) in [6, 6.07) is 12.2. The Balaban J connectivity index is 1.56. The first-order valence-electron chi connectivity index (χ1n) is 9.72. The van der Waals surface area contributed by atoms with Gasteiger partial charge in [0.15, 0.2) is 6.10 Å². The molecule has 6 nitrogen and oxygen atoms in total. The lowest BCUT2D eigenvalue weighted by Gasteiger charge is -2.23. The van der Waals surface area contributed by atoms with E-state index < -0.39 is 6.10 Å². The monoisotopic (exact) mass is 382 g/mol. The van der Waals surface area contributed by atoms with Gasteiger partial charge in [-0.2, -0.15) is 0 Å². The van der Waals surface area contributed by atoms with E-state index in [9.17, 15) is 9.59 Å². The molecule has 2 aromatic carbocycles. The van der Waals surface area contributed by atoms with Crippen molar-refractivity contribution < 1.29 is 19.1 Å². The zero-order valence-electron chi connectivity index (χ0n) is 16.3. The van der Waals surface area contributed by atoms with Crippen LogP contribution in [0.1, 0.15) is 49.9 Å². The number of hydrogen-bond donors (Lipinski definition) is 2. The highest BCUT2D eigenvalue weighted by molar-refractivity contribution is 6.05. The Morgan fingerprint density at radius 1 is 1.14 bits per heavy atom. The fraction of sp³-hybridized carbons (Fsp3) is 0.364. The van der Waals surface area contributed by atoms with E-state index in [1.54, 1.807) is 49.4 Å². The van der Waals surface area contributed by atoms with Gasteiger partial charge in [0.1, 0.15) is 11.5 Å². The average molecular weight is 382 g/mol. The molecule has 0 spiro atoms. The zero-order chi connectivity index (χ0) is 19.9. The predicted octanol–water partition coefficient (Wildman–Crippen LogP) is 4.62. The molecular formula is C22H26N2O4. The predicted molar refractivity (Wildman–Crippen MR) is 109 cm³/mol.